The first-order valence-corrected chi connectivity index (χ1v) is 7.08. The van der Waals surface area contributed by atoms with E-state index in [1.54, 1.807) is 5.57 Å². The maximum atomic E-state index is 2.40. The Labute approximate surface area is 115 Å². The highest BCUT2D eigenvalue weighted by Crippen LogP contribution is 2.36. The van der Waals surface area contributed by atoms with Gasteiger partial charge in [0.1, 0.15) is 0 Å². The van der Waals surface area contributed by atoms with Gasteiger partial charge in [0, 0.05) is 0 Å². The molecule has 0 bridgehead atoms. The second-order valence-corrected chi connectivity index (χ2v) is 5.53. The molecule has 0 heteroatoms. The van der Waals surface area contributed by atoms with Gasteiger partial charge in [-0.1, -0.05) is 60.5 Å². The predicted octanol–water partition coefficient (Wildman–Crippen LogP) is 5.32. The number of rotatable bonds is 2. The number of benzene rings is 2. The molecule has 2 aromatic rings. The van der Waals surface area contributed by atoms with Crippen LogP contribution in [0.3, 0.4) is 0 Å². The summed E-state index contributed by atoms with van der Waals surface area (Å²) in [6.07, 6.45) is 4.68. The molecule has 0 fully saturated rings. The lowest BCUT2D eigenvalue weighted by Gasteiger charge is -2.11. The molecule has 1 aliphatic carbocycles. The van der Waals surface area contributed by atoms with Crippen molar-refractivity contribution >= 4 is 6.08 Å². The first-order valence-electron chi connectivity index (χ1n) is 7.08. The van der Waals surface area contributed by atoms with Gasteiger partial charge in [-0.3, -0.25) is 0 Å². The normalized spacial score (nSPS) is 13.3. The van der Waals surface area contributed by atoms with Crippen molar-refractivity contribution in [2.45, 2.75) is 33.6 Å². The molecule has 0 unspecified atom stereocenters. The first-order chi connectivity index (χ1) is 9.19. The highest BCUT2D eigenvalue weighted by molar-refractivity contribution is 5.82. The van der Waals surface area contributed by atoms with Crippen molar-refractivity contribution in [3.63, 3.8) is 0 Å². The zero-order valence-corrected chi connectivity index (χ0v) is 12.0. The Kier molecular flexibility index (Phi) is 3.02. The quantitative estimate of drug-likeness (QED) is 0.674. The van der Waals surface area contributed by atoms with Crippen LogP contribution >= 0.6 is 0 Å². The van der Waals surface area contributed by atoms with Gasteiger partial charge < -0.3 is 0 Å². The molecule has 0 aromatic heterocycles. The summed E-state index contributed by atoms with van der Waals surface area (Å²) < 4.78 is 0. The second-order valence-electron chi connectivity index (χ2n) is 5.53. The molecule has 19 heavy (non-hydrogen) atoms. The number of aryl methyl sites for hydroxylation is 2. The van der Waals surface area contributed by atoms with E-state index in [-0.39, 0.29) is 0 Å². The van der Waals surface area contributed by atoms with Crippen molar-refractivity contribution in [1.29, 1.82) is 0 Å². The molecule has 0 spiro atoms. The van der Waals surface area contributed by atoms with Crippen molar-refractivity contribution in [3.05, 3.63) is 64.2 Å². The number of hydrogen-bond acceptors (Lipinski definition) is 0. The van der Waals surface area contributed by atoms with E-state index < -0.39 is 0 Å². The van der Waals surface area contributed by atoms with Crippen LogP contribution in [0.5, 0.6) is 0 Å². The molecule has 96 valence electrons. The van der Waals surface area contributed by atoms with E-state index in [0.29, 0.717) is 0 Å². The molecule has 0 radical (unpaired) electrons. The maximum Gasteiger partial charge on any atom is -0.00577 e. The summed E-state index contributed by atoms with van der Waals surface area (Å²) in [7, 11) is 0. The lowest BCUT2D eigenvalue weighted by Crippen LogP contribution is -1.90. The maximum absolute atomic E-state index is 2.40. The molecule has 0 atom stereocenters. The van der Waals surface area contributed by atoms with Gasteiger partial charge in [-0.05, 0) is 54.5 Å². The molecule has 0 saturated carbocycles. The van der Waals surface area contributed by atoms with Gasteiger partial charge in [0.15, 0.2) is 0 Å². The summed E-state index contributed by atoms with van der Waals surface area (Å²) in [5.74, 6) is 0. The summed E-state index contributed by atoms with van der Waals surface area (Å²) in [4.78, 5) is 0. The number of hydrogen-bond donors (Lipinski definition) is 0. The Bertz CT molecular complexity index is 660. The zero-order valence-electron chi connectivity index (χ0n) is 12.0. The fourth-order valence-electron chi connectivity index (χ4n) is 2.93. The third-order valence-corrected chi connectivity index (χ3v) is 4.10. The van der Waals surface area contributed by atoms with Gasteiger partial charge in [-0.15, -0.1) is 0 Å². The number of fused-ring (bicyclic) bond motifs is 1. The van der Waals surface area contributed by atoms with Crippen molar-refractivity contribution in [3.8, 4) is 11.1 Å². The molecule has 0 nitrogen and oxygen atoms in total. The summed E-state index contributed by atoms with van der Waals surface area (Å²) in [6.45, 7) is 6.61. The SMILES string of the molecule is CCC1=Cc2c(cccc2-c2cc(C)ccc2C)C1. The van der Waals surface area contributed by atoms with Gasteiger partial charge in [0.05, 0.1) is 0 Å². The van der Waals surface area contributed by atoms with Crippen LogP contribution in [0, 0.1) is 13.8 Å². The van der Waals surface area contributed by atoms with Gasteiger partial charge in [-0.25, -0.2) is 0 Å². The average Bonchev–Trinajstić information content (AvgIpc) is 2.84. The van der Waals surface area contributed by atoms with Crippen molar-refractivity contribution in [2.75, 3.05) is 0 Å². The Morgan fingerprint density at radius 2 is 1.84 bits per heavy atom. The molecule has 2 aromatic carbocycles. The standard InChI is InChI=1S/C19H20/c1-4-15-11-16-6-5-7-17(19(16)12-15)18-10-13(2)8-9-14(18)3/h5-10,12H,4,11H2,1-3H3. The minimum absolute atomic E-state index is 1.13. The minimum atomic E-state index is 1.13. The zero-order chi connectivity index (χ0) is 13.4. The van der Waals surface area contributed by atoms with E-state index in [2.05, 4.69) is 63.2 Å². The second kappa shape index (κ2) is 4.70. The van der Waals surface area contributed by atoms with E-state index in [4.69, 9.17) is 0 Å². The van der Waals surface area contributed by atoms with Crippen LogP contribution in [0.1, 0.15) is 35.6 Å². The highest BCUT2D eigenvalue weighted by atomic mass is 14.2. The molecule has 0 saturated heterocycles. The lowest BCUT2D eigenvalue weighted by molar-refractivity contribution is 1.04. The third kappa shape index (κ3) is 2.12. The van der Waals surface area contributed by atoms with Crippen LogP contribution < -0.4 is 0 Å². The fraction of sp³-hybridized carbons (Fsp3) is 0.263. The molecule has 0 heterocycles. The van der Waals surface area contributed by atoms with Crippen molar-refractivity contribution < 1.29 is 0 Å². The molecule has 3 rings (SSSR count). The van der Waals surface area contributed by atoms with Gasteiger partial charge in [-0.2, -0.15) is 0 Å². The van der Waals surface area contributed by atoms with Crippen LogP contribution in [0.15, 0.2) is 42.0 Å². The Morgan fingerprint density at radius 3 is 2.63 bits per heavy atom. The third-order valence-electron chi connectivity index (χ3n) is 4.10. The van der Waals surface area contributed by atoms with Crippen molar-refractivity contribution in [1.82, 2.24) is 0 Å². The van der Waals surface area contributed by atoms with Gasteiger partial charge in [0.2, 0.25) is 0 Å². The highest BCUT2D eigenvalue weighted by Gasteiger charge is 2.16. The summed E-state index contributed by atoms with van der Waals surface area (Å²) in [6, 6.07) is 13.4. The van der Waals surface area contributed by atoms with Crippen LogP contribution in [-0.2, 0) is 6.42 Å². The van der Waals surface area contributed by atoms with E-state index in [0.717, 1.165) is 12.8 Å². The van der Waals surface area contributed by atoms with Crippen molar-refractivity contribution in [2.24, 2.45) is 0 Å². The predicted molar refractivity (Wildman–Crippen MR) is 83.3 cm³/mol. The molecule has 0 N–H and O–H groups in total. The van der Waals surface area contributed by atoms with E-state index >= 15 is 0 Å². The van der Waals surface area contributed by atoms with Gasteiger partial charge in [0.25, 0.3) is 0 Å². The van der Waals surface area contributed by atoms with Gasteiger partial charge >= 0.3 is 0 Å². The van der Waals surface area contributed by atoms with E-state index in [9.17, 15) is 0 Å². The summed E-state index contributed by atoms with van der Waals surface area (Å²) >= 11 is 0. The molecular weight excluding hydrogens is 228 g/mol. The number of allylic oxidation sites excluding steroid dienone is 1. The molecule has 0 amide bonds. The minimum Gasteiger partial charge on any atom is -0.0655 e. The monoisotopic (exact) mass is 248 g/mol. The van der Waals surface area contributed by atoms with E-state index in [1.165, 1.54) is 33.4 Å². The average molecular weight is 248 g/mol. The molecule has 1 aliphatic rings. The molecular formula is C19H20. The lowest BCUT2D eigenvalue weighted by atomic mass is 9.93. The Balaban J connectivity index is 2.20. The van der Waals surface area contributed by atoms with Crippen LogP contribution in [0.25, 0.3) is 17.2 Å². The first kappa shape index (κ1) is 12.2. The van der Waals surface area contributed by atoms with Crippen LogP contribution in [0.4, 0.5) is 0 Å². The summed E-state index contributed by atoms with van der Waals surface area (Å²) in [5, 5.41) is 0. The smallest absolute Gasteiger partial charge is 0.00577 e. The Morgan fingerprint density at radius 1 is 1.00 bits per heavy atom. The van der Waals surface area contributed by atoms with E-state index in [1.807, 2.05) is 0 Å². The summed E-state index contributed by atoms with van der Waals surface area (Å²) in [5.41, 5.74) is 9.93. The fourth-order valence-corrected chi connectivity index (χ4v) is 2.93. The largest absolute Gasteiger partial charge is 0.0655 e. The van der Waals surface area contributed by atoms with Crippen LogP contribution in [0.2, 0.25) is 0 Å². The Hall–Kier alpha value is -1.82. The topological polar surface area (TPSA) is 0 Å². The van der Waals surface area contributed by atoms with Crippen LogP contribution in [-0.4, -0.2) is 0 Å². The molecule has 0 aliphatic heterocycles.